The van der Waals surface area contributed by atoms with Gasteiger partial charge >= 0.3 is 0 Å². The number of halogens is 1. The number of methoxy groups -OCH3 is 1. The van der Waals surface area contributed by atoms with Crippen molar-refractivity contribution >= 4 is 16.8 Å². The van der Waals surface area contributed by atoms with Gasteiger partial charge in [0.15, 0.2) is 0 Å². The highest BCUT2D eigenvalue weighted by molar-refractivity contribution is 6.67. The predicted octanol–water partition coefficient (Wildman–Crippen LogP) is 2.44. The third kappa shape index (κ3) is 2.53. The van der Waals surface area contributed by atoms with Crippen molar-refractivity contribution in [1.29, 1.82) is 0 Å². The third-order valence-electron chi connectivity index (χ3n) is 2.88. The predicted molar refractivity (Wildman–Crippen MR) is 73.9 cm³/mol. The Bertz CT molecular complexity index is 691. The number of aromatic nitrogens is 1. The van der Waals surface area contributed by atoms with Crippen LogP contribution in [0, 0.1) is 0 Å². The van der Waals surface area contributed by atoms with Gasteiger partial charge in [0.25, 0.3) is 10.8 Å². The molecule has 0 saturated carbocycles. The van der Waals surface area contributed by atoms with Crippen LogP contribution in [0.2, 0.25) is 0 Å². The Kier molecular flexibility index (Phi) is 3.71. The van der Waals surface area contributed by atoms with Crippen LogP contribution in [0.15, 0.2) is 41.2 Å². The lowest BCUT2D eigenvalue weighted by molar-refractivity contribution is 0.107. The van der Waals surface area contributed by atoms with E-state index in [0.717, 1.165) is 5.56 Å². The highest BCUT2D eigenvalue weighted by Crippen LogP contribution is 2.22. The summed E-state index contributed by atoms with van der Waals surface area (Å²) in [6.45, 7) is 0. The average molecular weight is 278 g/mol. The summed E-state index contributed by atoms with van der Waals surface area (Å²) in [4.78, 5) is 23.1. The van der Waals surface area contributed by atoms with E-state index in [2.05, 4.69) is 0 Å². The number of hydrogen-bond acceptors (Lipinski definition) is 3. The fourth-order valence-corrected chi connectivity index (χ4v) is 2.00. The van der Waals surface area contributed by atoms with Gasteiger partial charge in [-0.05, 0) is 35.9 Å². The van der Waals surface area contributed by atoms with Crippen LogP contribution in [-0.2, 0) is 7.05 Å². The summed E-state index contributed by atoms with van der Waals surface area (Å²) in [7, 11) is 3.17. The molecule has 0 aliphatic heterocycles. The molecule has 2 aromatic rings. The monoisotopic (exact) mass is 277 g/mol. The van der Waals surface area contributed by atoms with Gasteiger partial charge in [-0.1, -0.05) is 12.1 Å². The molecule has 0 spiro atoms. The molecule has 5 heteroatoms. The normalized spacial score (nSPS) is 10.3. The molecule has 1 heterocycles. The van der Waals surface area contributed by atoms with E-state index in [9.17, 15) is 9.59 Å². The number of rotatable bonds is 3. The molecule has 1 aromatic carbocycles. The molecule has 0 atom stereocenters. The van der Waals surface area contributed by atoms with Crippen molar-refractivity contribution in [2.75, 3.05) is 7.11 Å². The Morgan fingerprint density at radius 2 is 2.00 bits per heavy atom. The molecular weight excluding hydrogens is 266 g/mol. The van der Waals surface area contributed by atoms with Crippen LogP contribution in [0.25, 0.3) is 11.3 Å². The maximum atomic E-state index is 12.0. The van der Waals surface area contributed by atoms with Crippen LogP contribution in [0.1, 0.15) is 10.4 Å². The molecule has 1 aromatic heterocycles. The van der Waals surface area contributed by atoms with E-state index in [0.29, 0.717) is 11.4 Å². The van der Waals surface area contributed by atoms with Crippen molar-refractivity contribution in [3.8, 4) is 17.0 Å². The molecular formula is C14H12ClNO3. The number of carbonyl (C=O) groups excluding carboxylic acids is 1. The second-order valence-electron chi connectivity index (χ2n) is 4.00. The molecule has 0 radical (unpaired) electrons. The lowest BCUT2D eigenvalue weighted by Crippen LogP contribution is -2.23. The van der Waals surface area contributed by atoms with Crippen LogP contribution in [-0.4, -0.2) is 16.9 Å². The number of nitrogens with zero attached hydrogens (tertiary/aromatic N) is 1. The maximum Gasteiger partial charge on any atom is 0.262 e. The Hall–Kier alpha value is -2.07. The first-order valence-electron chi connectivity index (χ1n) is 5.59. The fourth-order valence-electron chi connectivity index (χ4n) is 1.86. The van der Waals surface area contributed by atoms with Crippen LogP contribution in [0.5, 0.6) is 5.75 Å². The van der Waals surface area contributed by atoms with Crippen LogP contribution in [0.3, 0.4) is 0 Å². The van der Waals surface area contributed by atoms with Gasteiger partial charge in [0, 0.05) is 12.6 Å². The summed E-state index contributed by atoms with van der Waals surface area (Å²) >= 11 is 5.35. The first kappa shape index (κ1) is 13.4. The van der Waals surface area contributed by atoms with E-state index in [1.807, 2.05) is 24.3 Å². The Morgan fingerprint density at radius 3 is 2.63 bits per heavy atom. The van der Waals surface area contributed by atoms with E-state index in [4.69, 9.17) is 16.3 Å². The minimum Gasteiger partial charge on any atom is -0.497 e. The van der Waals surface area contributed by atoms with Crippen molar-refractivity contribution in [1.82, 2.24) is 4.57 Å². The van der Waals surface area contributed by atoms with E-state index in [1.54, 1.807) is 20.2 Å². The van der Waals surface area contributed by atoms with Crippen LogP contribution < -0.4 is 10.3 Å². The molecule has 0 unspecified atom stereocenters. The SMILES string of the molecule is COc1cccc(-c2ccc(C(=O)Cl)c(=O)n2C)c1. The molecule has 19 heavy (non-hydrogen) atoms. The van der Waals surface area contributed by atoms with E-state index in [-0.39, 0.29) is 5.56 Å². The molecule has 98 valence electrons. The zero-order valence-electron chi connectivity index (χ0n) is 10.5. The minimum atomic E-state index is -0.752. The van der Waals surface area contributed by atoms with Crippen LogP contribution in [0.4, 0.5) is 0 Å². The van der Waals surface area contributed by atoms with E-state index in [1.165, 1.54) is 10.6 Å². The maximum absolute atomic E-state index is 12.0. The second kappa shape index (κ2) is 5.28. The molecule has 0 aliphatic rings. The van der Waals surface area contributed by atoms with E-state index < -0.39 is 10.8 Å². The first-order valence-corrected chi connectivity index (χ1v) is 5.96. The zero-order valence-corrected chi connectivity index (χ0v) is 11.3. The van der Waals surface area contributed by atoms with Crippen molar-refractivity contribution in [2.45, 2.75) is 0 Å². The largest absolute Gasteiger partial charge is 0.497 e. The summed E-state index contributed by atoms with van der Waals surface area (Å²) in [5.41, 5.74) is 1.06. The summed E-state index contributed by atoms with van der Waals surface area (Å²) in [5.74, 6) is 0.697. The van der Waals surface area contributed by atoms with Crippen LogP contribution >= 0.6 is 11.6 Å². The highest BCUT2D eigenvalue weighted by Gasteiger charge is 2.12. The van der Waals surface area contributed by atoms with Gasteiger partial charge in [0.2, 0.25) is 0 Å². The quantitative estimate of drug-likeness (QED) is 0.810. The fraction of sp³-hybridized carbons (Fsp3) is 0.143. The molecule has 0 fully saturated rings. The van der Waals surface area contributed by atoms with Gasteiger partial charge in [-0.3, -0.25) is 9.59 Å². The van der Waals surface area contributed by atoms with Gasteiger partial charge in [0.1, 0.15) is 5.75 Å². The van der Waals surface area contributed by atoms with E-state index >= 15 is 0 Å². The van der Waals surface area contributed by atoms with Crippen molar-refractivity contribution in [2.24, 2.45) is 7.05 Å². The molecule has 2 rings (SSSR count). The van der Waals surface area contributed by atoms with Gasteiger partial charge in [-0.25, -0.2) is 0 Å². The summed E-state index contributed by atoms with van der Waals surface area (Å²) in [5, 5.41) is -0.752. The molecule has 0 saturated heterocycles. The highest BCUT2D eigenvalue weighted by atomic mass is 35.5. The van der Waals surface area contributed by atoms with Crippen molar-refractivity contribution < 1.29 is 9.53 Å². The van der Waals surface area contributed by atoms with Crippen molar-refractivity contribution in [3.05, 3.63) is 52.3 Å². The molecule has 0 amide bonds. The minimum absolute atomic E-state index is 0.0317. The lowest BCUT2D eigenvalue weighted by atomic mass is 10.1. The lowest BCUT2D eigenvalue weighted by Gasteiger charge is -2.10. The molecule has 4 nitrogen and oxygen atoms in total. The average Bonchev–Trinajstić information content (AvgIpc) is 2.41. The number of pyridine rings is 1. The topological polar surface area (TPSA) is 48.3 Å². The number of hydrogen-bond donors (Lipinski definition) is 0. The summed E-state index contributed by atoms with van der Waals surface area (Å²) in [6.07, 6.45) is 0. The van der Waals surface area contributed by atoms with Gasteiger partial charge in [-0.2, -0.15) is 0 Å². The second-order valence-corrected chi connectivity index (χ2v) is 4.35. The molecule has 0 aliphatic carbocycles. The summed E-state index contributed by atoms with van der Waals surface area (Å²) in [6, 6.07) is 10.5. The molecule has 0 N–H and O–H groups in total. The van der Waals surface area contributed by atoms with Crippen molar-refractivity contribution in [3.63, 3.8) is 0 Å². The molecule has 0 bridgehead atoms. The standard InChI is InChI=1S/C14H12ClNO3/c1-16-12(7-6-11(13(15)17)14(16)18)9-4-3-5-10(8-9)19-2/h3-8H,1-2H3. The van der Waals surface area contributed by atoms with Gasteiger partial charge in [-0.15, -0.1) is 0 Å². The number of carbonyl (C=O) groups is 1. The zero-order chi connectivity index (χ0) is 14.0. The Morgan fingerprint density at radius 1 is 1.26 bits per heavy atom. The summed E-state index contributed by atoms with van der Waals surface area (Å²) < 4.78 is 6.54. The number of ether oxygens (including phenoxy) is 1. The third-order valence-corrected chi connectivity index (χ3v) is 3.09. The Balaban J connectivity index is 2.61. The number of benzene rings is 1. The van der Waals surface area contributed by atoms with Gasteiger partial charge in [0.05, 0.1) is 18.4 Å². The smallest absolute Gasteiger partial charge is 0.262 e. The van der Waals surface area contributed by atoms with Gasteiger partial charge < -0.3 is 9.30 Å². The Labute approximate surface area is 115 Å². The first-order chi connectivity index (χ1) is 9.04.